The van der Waals surface area contributed by atoms with Gasteiger partial charge < -0.3 is 15.4 Å². The fourth-order valence-corrected chi connectivity index (χ4v) is 2.23. The minimum Gasteiger partial charge on any atom is -0.481 e. The lowest BCUT2D eigenvalue weighted by atomic mass is 10.2. The zero-order valence-corrected chi connectivity index (χ0v) is 15.1. The van der Waals surface area contributed by atoms with Gasteiger partial charge in [0, 0.05) is 28.7 Å². The van der Waals surface area contributed by atoms with Crippen molar-refractivity contribution in [3.8, 4) is 5.75 Å². The molecule has 0 radical (unpaired) electrons. The second kappa shape index (κ2) is 9.30. The van der Waals surface area contributed by atoms with Gasteiger partial charge in [-0.05, 0) is 55.5 Å². The molecular weight excluding hydrogens is 363 g/mol. The number of nitrogens with one attached hydrogen (secondary N) is 2. The van der Waals surface area contributed by atoms with Gasteiger partial charge >= 0.3 is 0 Å². The van der Waals surface area contributed by atoms with Gasteiger partial charge in [-0.15, -0.1) is 0 Å². The molecule has 0 spiro atoms. The van der Waals surface area contributed by atoms with Crippen LogP contribution in [0.2, 0.25) is 10.0 Å². The van der Waals surface area contributed by atoms with E-state index in [4.69, 9.17) is 27.9 Å². The average molecular weight is 381 g/mol. The van der Waals surface area contributed by atoms with E-state index in [-0.39, 0.29) is 11.8 Å². The SMILES string of the molecule is CC(Oc1ccc(Cl)cc1)C(=O)NCCNC(=O)c1ccc(Cl)cc1. The maximum absolute atomic E-state index is 12.0. The van der Waals surface area contributed by atoms with Crippen molar-refractivity contribution in [3.05, 3.63) is 64.1 Å². The first-order valence-corrected chi connectivity index (χ1v) is 8.45. The number of amides is 2. The van der Waals surface area contributed by atoms with Crippen LogP contribution in [0.25, 0.3) is 0 Å². The molecule has 0 aliphatic carbocycles. The summed E-state index contributed by atoms with van der Waals surface area (Å²) in [5.74, 6) is 0.0650. The molecule has 2 N–H and O–H groups in total. The lowest BCUT2D eigenvalue weighted by Gasteiger charge is -2.15. The number of benzene rings is 2. The topological polar surface area (TPSA) is 67.4 Å². The van der Waals surface area contributed by atoms with Gasteiger partial charge in [0.05, 0.1) is 0 Å². The van der Waals surface area contributed by atoms with Gasteiger partial charge in [0.15, 0.2) is 6.10 Å². The Morgan fingerprint density at radius 2 is 1.44 bits per heavy atom. The lowest BCUT2D eigenvalue weighted by Crippen LogP contribution is -2.40. The second-order valence-electron chi connectivity index (χ2n) is 5.27. The average Bonchev–Trinajstić information content (AvgIpc) is 2.60. The molecule has 2 aromatic carbocycles. The number of carbonyl (C=O) groups is 2. The molecule has 2 amide bonds. The molecule has 1 atom stereocenters. The molecule has 0 bridgehead atoms. The fourth-order valence-electron chi connectivity index (χ4n) is 1.98. The lowest BCUT2D eigenvalue weighted by molar-refractivity contribution is -0.127. The number of ether oxygens (including phenoxy) is 1. The molecule has 25 heavy (non-hydrogen) atoms. The van der Waals surface area contributed by atoms with Crippen LogP contribution in [-0.4, -0.2) is 31.0 Å². The highest BCUT2D eigenvalue weighted by Gasteiger charge is 2.14. The highest BCUT2D eigenvalue weighted by atomic mass is 35.5. The number of hydrogen-bond donors (Lipinski definition) is 2. The molecule has 0 saturated heterocycles. The van der Waals surface area contributed by atoms with Gasteiger partial charge in [0.2, 0.25) is 0 Å². The van der Waals surface area contributed by atoms with Crippen LogP contribution in [0.5, 0.6) is 5.75 Å². The number of rotatable bonds is 7. The molecule has 1 unspecified atom stereocenters. The Morgan fingerprint density at radius 3 is 2.04 bits per heavy atom. The Kier molecular flexibility index (Phi) is 7.10. The standard InChI is InChI=1S/C18H18Cl2N2O3/c1-12(25-16-8-6-15(20)7-9-16)17(23)21-10-11-22-18(24)13-2-4-14(19)5-3-13/h2-9,12H,10-11H2,1H3,(H,21,23)(H,22,24). The summed E-state index contributed by atoms with van der Waals surface area (Å²) in [5.41, 5.74) is 0.509. The molecule has 2 aromatic rings. The smallest absolute Gasteiger partial charge is 0.260 e. The largest absolute Gasteiger partial charge is 0.481 e. The summed E-state index contributed by atoms with van der Waals surface area (Å²) in [6, 6.07) is 13.3. The molecular formula is C18H18Cl2N2O3. The van der Waals surface area contributed by atoms with E-state index in [2.05, 4.69) is 10.6 Å². The quantitative estimate of drug-likeness (QED) is 0.724. The zero-order valence-electron chi connectivity index (χ0n) is 13.6. The molecule has 0 saturated carbocycles. The normalized spacial score (nSPS) is 11.5. The van der Waals surface area contributed by atoms with E-state index >= 15 is 0 Å². The summed E-state index contributed by atoms with van der Waals surface area (Å²) in [7, 11) is 0. The molecule has 0 aromatic heterocycles. The van der Waals surface area contributed by atoms with Crippen molar-refractivity contribution in [3.63, 3.8) is 0 Å². The third kappa shape index (κ3) is 6.29. The summed E-state index contributed by atoms with van der Waals surface area (Å²) in [4.78, 5) is 23.9. The minimum atomic E-state index is -0.659. The van der Waals surface area contributed by atoms with Crippen LogP contribution in [0.3, 0.4) is 0 Å². The van der Waals surface area contributed by atoms with Crippen molar-refractivity contribution < 1.29 is 14.3 Å². The van der Waals surface area contributed by atoms with Gasteiger partial charge in [-0.25, -0.2) is 0 Å². The summed E-state index contributed by atoms with van der Waals surface area (Å²) >= 11 is 11.6. The van der Waals surface area contributed by atoms with E-state index in [1.807, 2.05) is 0 Å². The minimum absolute atomic E-state index is 0.226. The van der Waals surface area contributed by atoms with E-state index in [1.54, 1.807) is 55.5 Å². The van der Waals surface area contributed by atoms with Crippen LogP contribution in [0, 0.1) is 0 Å². The van der Waals surface area contributed by atoms with Gasteiger partial charge in [0.25, 0.3) is 11.8 Å². The first-order valence-electron chi connectivity index (χ1n) is 7.69. The van der Waals surface area contributed by atoms with E-state index in [9.17, 15) is 9.59 Å². The van der Waals surface area contributed by atoms with Crippen LogP contribution in [0.15, 0.2) is 48.5 Å². The highest BCUT2D eigenvalue weighted by molar-refractivity contribution is 6.30. The van der Waals surface area contributed by atoms with Gasteiger partial charge in [0.1, 0.15) is 5.75 Å². The van der Waals surface area contributed by atoms with Crippen LogP contribution < -0.4 is 15.4 Å². The molecule has 5 nitrogen and oxygen atoms in total. The van der Waals surface area contributed by atoms with Crippen molar-refractivity contribution in [2.45, 2.75) is 13.0 Å². The number of carbonyl (C=O) groups excluding carboxylic acids is 2. The van der Waals surface area contributed by atoms with E-state index in [0.29, 0.717) is 34.4 Å². The third-order valence-corrected chi connectivity index (χ3v) is 3.82. The van der Waals surface area contributed by atoms with Gasteiger partial charge in [-0.1, -0.05) is 23.2 Å². The van der Waals surface area contributed by atoms with E-state index in [0.717, 1.165) is 0 Å². The Labute approximate surface area is 156 Å². The van der Waals surface area contributed by atoms with Crippen LogP contribution in [-0.2, 0) is 4.79 Å². The van der Waals surface area contributed by atoms with Crippen molar-refractivity contribution in [2.24, 2.45) is 0 Å². The Bertz CT molecular complexity index is 718. The van der Waals surface area contributed by atoms with E-state index in [1.165, 1.54) is 0 Å². The zero-order chi connectivity index (χ0) is 18.2. The summed E-state index contributed by atoms with van der Waals surface area (Å²) < 4.78 is 5.52. The molecule has 0 aliphatic heterocycles. The van der Waals surface area contributed by atoms with Gasteiger partial charge in [-0.3, -0.25) is 9.59 Å². The Balaban J connectivity index is 1.69. The summed E-state index contributed by atoms with van der Waals surface area (Å²) in [6.45, 7) is 2.25. The van der Waals surface area contributed by atoms with Crippen LogP contribution in [0.1, 0.15) is 17.3 Å². The first-order chi connectivity index (χ1) is 12.0. The highest BCUT2D eigenvalue weighted by Crippen LogP contribution is 2.16. The number of hydrogen-bond acceptors (Lipinski definition) is 3. The maximum Gasteiger partial charge on any atom is 0.260 e. The second-order valence-corrected chi connectivity index (χ2v) is 6.14. The molecule has 7 heteroatoms. The Morgan fingerprint density at radius 1 is 0.920 bits per heavy atom. The van der Waals surface area contributed by atoms with Crippen molar-refractivity contribution in [1.82, 2.24) is 10.6 Å². The van der Waals surface area contributed by atoms with Crippen LogP contribution in [0.4, 0.5) is 0 Å². The maximum atomic E-state index is 12.0. The number of halogens is 2. The van der Waals surface area contributed by atoms with Crippen molar-refractivity contribution in [2.75, 3.05) is 13.1 Å². The first kappa shape index (κ1) is 19.1. The van der Waals surface area contributed by atoms with Crippen molar-refractivity contribution in [1.29, 1.82) is 0 Å². The fraction of sp³-hybridized carbons (Fsp3) is 0.222. The molecule has 0 heterocycles. The molecule has 0 aliphatic rings. The Hall–Kier alpha value is -2.24. The molecule has 0 fully saturated rings. The summed E-state index contributed by atoms with van der Waals surface area (Å²) in [5, 5.41) is 6.59. The third-order valence-electron chi connectivity index (χ3n) is 3.31. The molecule has 132 valence electrons. The van der Waals surface area contributed by atoms with Gasteiger partial charge in [-0.2, -0.15) is 0 Å². The van der Waals surface area contributed by atoms with Crippen molar-refractivity contribution >= 4 is 35.0 Å². The molecule has 2 rings (SSSR count). The monoisotopic (exact) mass is 380 g/mol. The predicted octanol–water partition coefficient (Wildman–Crippen LogP) is 3.31. The van der Waals surface area contributed by atoms with E-state index < -0.39 is 6.10 Å². The van der Waals surface area contributed by atoms with Crippen LogP contribution >= 0.6 is 23.2 Å². The predicted molar refractivity (Wildman–Crippen MR) is 98.3 cm³/mol. The summed E-state index contributed by atoms with van der Waals surface area (Å²) in [6.07, 6.45) is -0.659.